The lowest BCUT2D eigenvalue weighted by Gasteiger charge is -2.16. The number of carbonyl (C=O) groups excluding carboxylic acids is 1. The molecule has 1 saturated heterocycles. The lowest BCUT2D eigenvalue weighted by atomic mass is 10.1. The minimum atomic E-state index is -0.550. The second kappa shape index (κ2) is 5.09. The van der Waals surface area contributed by atoms with Crippen molar-refractivity contribution in [2.24, 2.45) is 17.4 Å². The van der Waals surface area contributed by atoms with Gasteiger partial charge in [-0.15, -0.1) is 10.2 Å². The van der Waals surface area contributed by atoms with Crippen molar-refractivity contribution < 1.29 is 4.79 Å². The summed E-state index contributed by atoms with van der Waals surface area (Å²) < 4.78 is 0. The van der Waals surface area contributed by atoms with E-state index >= 15 is 0 Å². The fourth-order valence-corrected chi connectivity index (χ4v) is 2.14. The van der Waals surface area contributed by atoms with Gasteiger partial charge in [-0.3, -0.25) is 4.79 Å². The molecule has 1 atom stereocenters. The van der Waals surface area contributed by atoms with Crippen LogP contribution in [0.2, 0.25) is 0 Å². The van der Waals surface area contributed by atoms with Gasteiger partial charge in [-0.1, -0.05) is 0 Å². The van der Waals surface area contributed by atoms with Crippen molar-refractivity contribution in [3.8, 4) is 0 Å². The summed E-state index contributed by atoms with van der Waals surface area (Å²) in [6.07, 6.45) is 2.18. The first-order valence-electron chi connectivity index (χ1n) is 5.79. The quantitative estimate of drug-likeness (QED) is 0.750. The highest BCUT2D eigenvalue weighted by molar-refractivity contribution is 5.90. The zero-order chi connectivity index (χ0) is 12.3. The van der Waals surface area contributed by atoms with Gasteiger partial charge in [0.25, 0.3) is 5.91 Å². The third-order valence-electron chi connectivity index (χ3n) is 3.09. The molecule has 1 fully saturated rings. The zero-order valence-electron chi connectivity index (χ0n) is 9.67. The molecule has 2 rings (SSSR count). The lowest BCUT2D eigenvalue weighted by Crippen LogP contribution is -2.23. The van der Waals surface area contributed by atoms with Gasteiger partial charge in [-0.05, 0) is 37.4 Å². The Kier molecular flexibility index (Phi) is 3.53. The average Bonchev–Trinajstić information content (AvgIpc) is 2.78. The molecule has 1 aromatic rings. The molecule has 0 spiro atoms. The summed E-state index contributed by atoms with van der Waals surface area (Å²) in [6, 6.07) is 3.40. The van der Waals surface area contributed by atoms with Crippen LogP contribution in [-0.4, -0.2) is 35.7 Å². The predicted molar refractivity (Wildman–Crippen MR) is 64.5 cm³/mol. The number of hydrogen-bond acceptors (Lipinski definition) is 5. The van der Waals surface area contributed by atoms with Gasteiger partial charge in [-0.2, -0.15) is 0 Å². The number of rotatable bonds is 4. The molecule has 0 bridgehead atoms. The van der Waals surface area contributed by atoms with Crippen LogP contribution in [0.5, 0.6) is 0 Å². The molecular formula is C11H17N5O. The topological polar surface area (TPSA) is 98.1 Å². The molecule has 92 valence electrons. The van der Waals surface area contributed by atoms with Crippen LogP contribution in [0.4, 0.5) is 5.82 Å². The van der Waals surface area contributed by atoms with Crippen molar-refractivity contribution in [2.45, 2.75) is 12.8 Å². The van der Waals surface area contributed by atoms with E-state index in [0.717, 1.165) is 38.3 Å². The van der Waals surface area contributed by atoms with Crippen LogP contribution in [-0.2, 0) is 0 Å². The monoisotopic (exact) mass is 235 g/mol. The fraction of sp³-hybridized carbons (Fsp3) is 0.545. The second-order valence-electron chi connectivity index (χ2n) is 4.32. The van der Waals surface area contributed by atoms with Crippen LogP contribution in [0.1, 0.15) is 23.3 Å². The summed E-state index contributed by atoms with van der Waals surface area (Å²) >= 11 is 0. The van der Waals surface area contributed by atoms with E-state index in [4.69, 9.17) is 11.5 Å². The molecule has 0 saturated carbocycles. The second-order valence-corrected chi connectivity index (χ2v) is 4.32. The van der Waals surface area contributed by atoms with Crippen molar-refractivity contribution in [2.75, 3.05) is 24.5 Å². The normalized spacial score (nSPS) is 19.6. The Labute approximate surface area is 100.0 Å². The SMILES string of the molecule is NCCC1CCN(c2ccc(C(N)=O)nn2)C1. The molecule has 1 aromatic heterocycles. The number of carbonyl (C=O) groups is 1. The van der Waals surface area contributed by atoms with Crippen LogP contribution in [0.25, 0.3) is 0 Å². The van der Waals surface area contributed by atoms with Gasteiger partial charge in [0.05, 0.1) is 0 Å². The summed E-state index contributed by atoms with van der Waals surface area (Å²) in [7, 11) is 0. The molecule has 17 heavy (non-hydrogen) atoms. The maximum Gasteiger partial charge on any atom is 0.269 e. The molecular weight excluding hydrogens is 218 g/mol. The Morgan fingerprint density at radius 3 is 2.88 bits per heavy atom. The van der Waals surface area contributed by atoms with Crippen molar-refractivity contribution >= 4 is 11.7 Å². The minimum Gasteiger partial charge on any atom is -0.364 e. The number of hydrogen-bond donors (Lipinski definition) is 2. The molecule has 1 amide bonds. The van der Waals surface area contributed by atoms with E-state index < -0.39 is 5.91 Å². The molecule has 6 heteroatoms. The van der Waals surface area contributed by atoms with Crippen LogP contribution in [0.15, 0.2) is 12.1 Å². The Balaban J connectivity index is 2.01. The van der Waals surface area contributed by atoms with Crippen molar-refractivity contribution in [3.05, 3.63) is 17.8 Å². The van der Waals surface area contributed by atoms with E-state index in [9.17, 15) is 4.79 Å². The summed E-state index contributed by atoms with van der Waals surface area (Å²) in [4.78, 5) is 13.0. The molecule has 0 aromatic carbocycles. The molecule has 0 aliphatic carbocycles. The maximum atomic E-state index is 10.9. The van der Waals surface area contributed by atoms with Gasteiger partial charge in [0.1, 0.15) is 0 Å². The first-order chi connectivity index (χ1) is 8.20. The van der Waals surface area contributed by atoms with Gasteiger partial charge >= 0.3 is 0 Å². The van der Waals surface area contributed by atoms with Crippen LogP contribution >= 0.6 is 0 Å². The third kappa shape index (κ3) is 2.71. The smallest absolute Gasteiger partial charge is 0.269 e. The number of nitrogens with two attached hydrogens (primary N) is 2. The first kappa shape index (κ1) is 11.8. The van der Waals surface area contributed by atoms with E-state index in [1.807, 2.05) is 0 Å². The molecule has 1 aliphatic heterocycles. The first-order valence-corrected chi connectivity index (χ1v) is 5.79. The summed E-state index contributed by atoms with van der Waals surface area (Å²) in [6.45, 7) is 2.65. The highest BCUT2D eigenvalue weighted by Gasteiger charge is 2.23. The molecule has 4 N–H and O–H groups in total. The molecule has 1 unspecified atom stereocenters. The number of amides is 1. The van der Waals surface area contributed by atoms with Crippen LogP contribution in [0.3, 0.4) is 0 Å². The fourth-order valence-electron chi connectivity index (χ4n) is 2.14. The highest BCUT2D eigenvalue weighted by Crippen LogP contribution is 2.23. The van der Waals surface area contributed by atoms with Gasteiger partial charge in [0.15, 0.2) is 11.5 Å². The zero-order valence-corrected chi connectivity index (χ0v) is 9.67. The molecule has 1 aliphatic rings. The number of anilines is 1. The molecule has 6 nitrogen and oxygen atoms in total. The van der Waals surface area contributed by atoms with Gasteiger partial charge < -0.3 is 16.4 Å². The average molecular weight is 235 g/mol. The van der Waals surface area contributed by atoms with E-state index in [2.05, 4.69) is 15.1 Å². The van der Waals surface area contributed by atoms with E-state index in [1.54, 1.807) is 12.1 Å². The number of primary amides is 1. The van der Waals surface area contributed by atoms with Crippen molar-refractivity contribution in [1.29, 1.82) is 0 Å². The Hall–Kier alpha value is -1.69. The van der Waals surface area contributed by atoms with Gasteiger partial charge in [0.2, 0.25) is 0 Å². The van der Waals surface area contributed by atoms with E-state index in [1.165, 1.54) is 0 Å². The van der Waals surface area contributed by atoms with Gasteiger partial charge in [-0.25, -0.2) is 0 Å². The molecule has 2 heterocycles. The largest absolute Gasteiger partial charge is 0.364 e. The van der Waals surface area contributed by atoms with Crippen LogP contribution < -0.4 is 16.4 Å². The lowest BCUT2D eigenvalue weighted by molar-refractivity contribution is 0.0994. The van der Waals surface area contributed by atoms with Crippen molar-refractivity contribution in [1.82, 2.24) is 10.2 Å². The Morgan fingerprint density at radius 1 is 1.47 bits per heavy atom. The number of nitrogens with zero attached hydrogens (tertiary/aromatic N) is 3. The molecule has 0 radical (unpaired) electrons. The highest BCUT2D eigenvalue weighted by atomic mass is 16.1. The predicted octanol–water partition coefficient (Wildman–Crippen LogP) is -0.249. The Bertz CT molecular complexity index is 391. The van der Waals surface area contributed by atoms with Crippen LogP contribution in [0, 0.1) is 5.92 Å². The maximum absolute atomic E-state index is 10.9. The standard InChI is InChI=1S/C11H17N5O/c12-5-3-8-4-6-16(7-8)10-2-1-9(11(13)17)14-15-10/h1-2,8H,3-7,12H2,(H2,13,17). The van der Waals surface area contributed by atoms with Gasteiger partial charge in [0, 0.05) is 13.1 Å². The number of aromatic nitrogens is 2. The van der Waals surface area contributed by atoms with E-state index in [0.29, 0.717) is 5.92 Å². The minimum absolute atomic E-state index is 0.200. The summed E-state index contributed by atoms with van der Waals surface area (Å²) in [5.41, 5.74) is 10.9. The third-order valence-corrected chi connectivity index (χ3v) is 3.09. The summed E-state index contributed by atoms with van der Waals surface area (Å²) in [5, 5.41) is 7.82. The summed E-state index contributed by atoms with van der Waals surface area (Å²) in [5.74, 6) is 0.888. The van der Waals surface area contributed by atoms with E-state index in [-0.39, 0.29) is 5.69 Å². The van der Waals surface area contributed by atoms with Crippen molar-refractivity contribution in [3.63, 3.8) is 0 Å². The Morgan fingerprint density at radius 2 is 2.29 bits per heavy atom.